The number of thioether (sulfide) groups is 1. The number of benzene rings is 1. The van der Waals surface area contributed by atoms with Crippen LogP contribution < -0.4 is 0 Å². The molecule has 0 spiro atoms. The lowest BCUT2D eigenvalue weighted by molar-refractivity contribution is -0.137. The maximum absolute atomic E-state index is 10.5. The molecule has 0 radical (unpaired) electrons. The van der Waals surface area contributed by atoms with Gasteiger partial charge in [0, 0.05) is 30.6 Å². The van der Waals surface area contributed by atoms with E-state index in [1.807, 2.05) is 11.8 Å². The standard InChI is InChI=1S/C20H28O4S/c21-20(22)8-4-5-11-23-12-16-17(19-10-9-18(16)24-19)14-25-13-15-6-2-1-3-7-15/h1-3,6-7,16-19H,4-5,8-14H2,(H,21,22). The highest BCUT2D eigenvalue weighted by molar-refractivity contribution is 7.98. The SMILES string of the molecule is O=C(O)CCCCOCC1C2CCC(O2)C1CSCc1ccccc1. The molecule has 2 heterocycles. The Kier molecular flexibility index (Phi) is 7.20. The van der Waals surface area contributed by atoms with Gasteiger partial charge in [-0.25, -0.2) is 0 Å². The molecule has 5 heteroatoms. The number of carboxylic acids is 1. The van der Waals surface area contributed by atoms with Gasteiger partial charge >= 0.3 is 5.97 Å². The molecule has 2 aliphatic heterocycles. The lowest BCUT2D eigenvalue weighted by Gasteiger charge is -2.27. The summed E-state index contributed by atoms with van der Waals surface area (Å²) < 4.78 is 12.0. The first-order chi connectivity index (χ1) is 12.2. The number of ether oxygens (including phenoxy) is 2. The molecule has 4 atom stereocenters. The molecule has 0 saturated carbocycles. The highest BCUT2D eigenvalue weighted by Crippen LogP contribution is 2.45. The van der Waals surface area contributed by atoms with E-state index in [1.54, 1.807) is 0 Å². The van der Waals surface area contributed by atoms with Crippen LogP contribution in [0.15, 0.2) is 30.3 Å². The summed E-state index contributed by atoms with van der Waals surface area (Å²) in [4.78, 5) is 10.5. The summed E-state index contributed by atoms with van der Waals surface area (Å²) in [5.41, 5.74) is 1.38. The molecule has 1 N–H and O–H groups in total. The Balaban J connectivity index is 1.38. The van der Waals surface area contributed by atoms with E-state index in [1.165, 1.54) is 12.0 Å². The normalized spacial score (nSPS) is 27.7. The van der Waals surface area contributed by atoms with E-state index < -0.39 is 5.97 Å². The van der Waals surface area contributed by atoms with Gasteiger partial charge < -0.3 is 14.6 Å². The topological polar surface area (TPSA) is 55.8 Å². The highest BCUT2D eigenvalue weighted by atomic mass is 32.2. The maximum Gasteiger partial charge on any atom is 0.303 e. The van der Waals surface area contributed by atoms with Gasteiger partial charge in [0.05, 0.1) is 18.8 Å². The van der Waals surface area contributed by atoms with Gasteiger partial charge in [0.1, 0.15) is 0 Å². The molecule has 0 aliphatic carbocycles. The first-order valence-electron chi connectivity index (χ1n) is 9.30. The largest absolute Gasteiger partial charge is 0.481 e. The minimum Gasteiger partial charge on any atom is -0.481 e. The zero-order chi connectivity index (χ0) is 17.5. The van der Waals surface area contributed by atoms with Crippen LogP contribution >= 0.6 is 11.8 Å². The quantitative estimate of drug-likeness (QED) is 0.602. The molecule has 1 aromatic carbocycles. The second-order valence-electron chi connectivity index (χ2n) is 7.04. The van der Waals surface area contributed by atoms with Crippen molar-refractivity contribution in [2.45, 2.75) is 50.1 Å². The third-order valence-corrected chi connectivity index (χ3v) is 6.41. The molecule has 25 heavy (non-hydrogen) atoms. The Morgan fingerprint density at radius 3 is 2.68 bits per heavy atom. The molecule has 1 aromatic rings. The van der Waals surface area contributed by atoms with Crippen LogP contribution in [-0.2, 0) is 20.0 Å². The molecule has 2 bridgehead atoms. The van der Waals surface area contributed by atoms with Crippen LogP contribution in [0.25, 0.3) is 0 Å². The molecule has 3 rings (SSSR count). The van der Waals surface area contributed by atoms with E-state index in [-0.39, 0.29) is 6.42 Å². The van der Waals surface area contributed by atoms with Gasteiger partial charge in [-0.1, -0.05) is 30.3 Å². The van der Waals surface area contributed by atoms with Crippen LogP contribution in [-0.4, -0.2) is 42.3 Å². The minimum atomic E-state index is -0.725. The monoisotopic (exact) mass is 364 g/mol. The first-order valence-corrected chi connectivity index (χ1v) is 10.5. The zero-order valence-corrected chi connectivity index (χ0v) is 15.5. The van der Waals surface area contributed by atoms with Gasteiger partial charge in [0.2, 0.25) is 0 Å². The summed E-state index contributed by atoms with van der Waals surface area (Å²) >= 11 is 2.00. The van der Waals surface area contributed by atoms with Gasteiger partial charge in [0.15, 0.2) is 0 Å². The summed E-state index contributed by atoms with van der Waals surface area (Å²) in [6.07, 6.45) is 4.88. The molecule has 4 unspecified atom stereocenters. The number of rotatable bonds is 11. The fraction of sp³-hybridized carbons (Fsp3) is 0.650. The van der Waals surface area contributed by atoms with Crippen molar-refractivity contribution in [3.63, 3.8) is 0 Å². The lowest BCUT2D eigenvalue weighted by Crippen LogP contribution is -2.32. The Morgan fingerprint density at radius 1 is 1.16 bits per heavy atom. The van der Waals surface area contributed by atoms with Crippen molar-refractivity contribution in [3.05, 3.63) is 35.9 Å². The smallest absolute Gasteiger partial charge is 0.303 e. The summed E-state index contributed by atoms with van der Waals surface area (Å²) in [5.74, 6) is 2.55. The Hall–Kier alpha value is -1.04. The van der Waals surface area contributed by atoms with E-state index >= 15 is 0 Å². The molecule has 2 fully saturated rings. The number of aliphatic carboxylic acids is 1. The average Bonchev–Trinajstić information content (AvgIpc) is 3.21. The molecule has 2 saturated heterocycles. The summed E-state index contributed by atoms with van der Waals surface area (Å²) in [7, 11) is 0. The summed E-state index contributed by atoms with van der Waals surface area (Å²) in [6.45, 7) is 1.41. The van der Waals surface area contributed by atoms with E-state index in [4.69, 9.17) is 14.6 Å². The molecule has 0 aromatic heterocycles. The van der Waals surface area contributed by atoms with Gasteiger partial charge in [-0.2, -0.15) is 11.8 Å². The molecule has 0 amide bonds. The summed E-state index contributed by atoms with van der Waals surface area (Å²) in [6, 6.07) is 10.6. The van der Waals surface area contributed by atoms with Gasteiger partial charge in [0.25, 0.3) is 0 Å². The van der Waals surface area contributed by atoms with Crippen molar-refractivity contribution in [3.8, 4) is 0 Å². The number of unbranched alkanes of at least 4 members (excludes halogenated alkanes) is 1. The minimum absolute atomic E-state index is 0.235. The third kappa shape index (κ3) is 5.47. The lowest BCUT2D eigenvalue weighted by atomic mass is 9.81. The number of hydrogen-bond acceptors (Lipinski definition) is 4. The van der Waals surface area contributed by atoms with Gasteiger partial charge in [-0.15, -0.1) is 0 Å². The van der Waals surface area contributed by atoms with Crippen molar-refractivity contribution in [1.29, 1.82) is 0 Å². The van der Waals surface area contributed by atoms with E-state index in [0.717, 1.165) is 31.0 Å². The molecule has 2 aliphatic rings. The fourth-order valence-corrected chi connectivity index (χ4v) is 5.20. The van der Waals surface area contributed by atoms with Crippen molar-refractivity contribution in [2.24, 2.45) is 11.8 Å². The third-order valence-electron chi connectivity index (χ3n) is 5.25. The van der Waals surface area contributed by atoms with Crippen molar-refractivity contribution in [1.82, 2.24) is 0 Å². The van der Waals surface area contributed by atoms with Crippen LogP contribution in [0.4, 0.5) is 0 Å². The van der Waals surface area contributed by atoms with Crippen LogP contribution in [0.2, 0.25) is 0 Å². The van der Waals surface area contributed by atoms with Crippen LogP contribution in [0, 0.1) is 11.8 Å². The predicted octanol–water partition coefficient (Wildman–Crippen LogP) is 3.98. The first kappa shape index (κ1) is 18.7. The Bertz CT molecular complexity index is 536. The van der Waals surface area contributed by atoms with Crippen LogP contribution in [0.1, 0.15) is 37.7 Å². The van der Waals surface area contributed by atoms with E-state index in [0.29, 0.717) is 37.1 Å². The van der Waals surface area contributed by atoms with E-state index in [9.17, 15) is 4.79 Å². The highest BCUT2D eigenvalue weighted by Gasteiger charge is 2.48. The molecule has 138 valence electrons. The molecule has 4 nitrogen and oxygen atoms in total. The van der Waals surface area contributed by atoms with Crippen molar-refractivity contribution in [2.75, 3.05) is 19.0 Å². The number of fused-ring (bicyclic) bond motifs is 2. The Morgan fingerprint density at radius 2 is 1.92 bits per heavy atom. The van der Waals surface area contributed by atoms with Gasteiger partial charge in [-0.05, 0) is 37.0 Å². The number of carbonyl (C=O) groups is 1. The van der Waals surface area contributed by atoms with Crippen LogP contribution in [0.5, 0.6) is 0 Å². The van der Waals surface area contributed by atoms with Crippen molar-refractivity contribution < 1.29 is 19.4 Å². The van der Waals surface area contributed by atoms with Crippen LogP contribution in [0.3, 0.4) is 0 Å². The summed E-state index contributed by atoms with van der Waals surface area (Å²) in [5, 5.41) is 8.65. The zero-order valence-electron chi connectivity index (χ0n) is 14.6. The van der Waals surface area contributed by atoms with E-state index in [2.05, 4.69) is 30.3 Å². The predicted molar refractivity (Wildman–Crippen MR) is 99.8 cm³/mol. The number of hydrogen-bond donors (Lipinski definition) is 1. The number of carboxylic acid groups (broad SMARTS) is 1. The Labute approximate surface area is 154 Å². The second-order valence-corrected chi connectivity index (χ2v) is 8.07. The van der Waals surface area contributed by atoms with Crippen molar-refractivity contribution >= 4 is 17.7 Å². The maximum atomic E-state index is 10.5. The fourth-order valence-electron chi connectivity index (χ4n) is 3.92. The molecular weight excluding hydrogens is 336 g/mol. The van der Waals surface area contributed by atoms with Gasteiger partial charge in [-0.3, -0.25) is 4.79 Å². The average molecular weight is 365 g/mol. The second kappa shape index (κ2) is 9.60. The molecular formula is C20H28O4S.